The zero-order valence-corrected chi connectivity index (χ0v) is 17.6. The van der Waals surface area contributed by atoms with Crippen molar-refractivity contribution in [1.82, 2.24) is 5.32 Å². The second kappa shape index (κ2) is 9.73. The zero-order chi connectivity index (χ0) is 22.3. The Bertz CT molecular complexity index is 979. The molecule has 0 heterocycles. The maximum absolute atomic E-state index is 12.4. The molecule has 30 heavy (non-hydrogen) atoms. The summed E-state index contributed by atoms with van der Waals surface area (Å²) >= 11 is 0. The van der Waals surface area contributed by atoms with Crippen LogP contribution in [0.15, 0.2) is 65.2 Å². The summed E-state index contributed by atoms with van der Waals surface area (Å²) in [6, 6.07) is 15.8. The van der Waals surface area contributed by atoms with Crippen molar-refractivity contribution in [3.63, 3.8) is 0 Å². The number of nitrogens with one attached hydrogen (secondary N) is 1. The van der Waals surface area contributed by atoms with Crippen LogP contribution < -0.4 is 15.8 Å². The Morgan fingerprint density at radius 2 is 1.70 bits per heavy atom. The first-order chi connectivity index (χ1) is 14.2. The van der Waals surface area contributed by atoms with Gasteiger partial charge in [-0.1, -0.05) is 30.3 Å². The Balaban J connectivity index is 2.24. The van der Waals surface area contributed by atoms with Crippen LogP contribution in [0.3, 0.4) is 0 Å². The van der Waals surface area contributed by atoms with Crippen LogP contribution in [0.1, 0.15) is 36.7 Å². The van der Waals surface area contributed by atoms with Crippen LogP contribution in [0.2, 0.25) is 0 Å². The molecule has 0 aliphatic heterocycles. The third kappa shape index (κ3) is 5.70. The zero-order valence-electron chi connectivity index (χ0n) is 17.6. The van der Waals surface area contributed by atoms with Crippen molar-refractivity contribution in [2.45, 2.75) is 26.3 Å². The Hall–Kier alpha value is -3.61. The Morgan fingerprint density at radius 3 is 2.30 bits per heavy atom. The fourth-order valence-electron chi connectivity index (χ4n) is 2.79. The molecule has 0 fully saturated rings. The summed E-state index contributed by atoms with van der Waals surface area (Å²) in [7, 11) is 1.51. The lowest BCUT2D eigenvalue weighted by atomic mass is 10.0. The highest BCUT2D eigenvalue weighted by Gasteiger charge is 2.24. The first-order valence-electron chi connectivity index (χ1n) is 9.43. The molecule has 2 aromatic rings. The van der Waals surface area contributed by atoms with Crippen molar-refractivity contribution in [1.29, 1.82) is 0 Å². The normalized spacial score (nSPS) is 12.7. The summed E-state index contributed by atoms with van der Waals surface area (Å²) in [5.74, 6) is -0.958. The fraction of sp³-hybridized carbons (Fsp3) is 0.261. The first kappa shape index (κ1) is 22.7. The molecule has 0 bridgehead atoms. The number of carboxylic acid groups (broad SMARTS) is 1. The summed E-state index contributed by atoms with van der Waals surface area (Å²) in [6.07, 6.45) is 0. The van der Waals surface area contributed by atoms with Crippen LogP contribution in [0.25, 0.3) is 5.70 Å². The van der Waals surface area contributed by atoms with Gasteiger partial charge in [-0.05, 0) is 45.0 Å². The molecule has 0 spiro atoms. The summed E-state index contributed by atoms with van der Waals surface area (Å²) in [4.78, 5) is 28.1. The van der Waals surface area contributed by atoms with Crippen molar-refractivity contribution in [2.75, 3.05) is 13.7 Å². The van der Waals surface area contributed by atoms with Crippen molar-refractivity contribution in [3.8, 4) is 5.75 Å². The molecule has 7 heteroatoms. The Labute approximate surface area is 176 Å². The van der Waals surface area contributed by atoms with Gasteiger partial charge in [-0.15, -0.1) is 0 Å². The minimum absolute atomic E-state index is 0.0623. The minimum Gasteiger partial charge on any atom is -0.490 e. The largest absolute Gasteiger partial charge is 0.490 e. The average Bonchev–Trinajstić information content (AvgIpc) is 2.72. The average molecular weight is 409 g/mol. The van der Waals surface area contributed by atoms with Crippen LogP contribution in [-0.4, -0.2) is 41.9 Å². The number of aliphatic imine (C=N–C) groups is 1. The van der Waals surface area contributed by atoms with E-state index in [9.17, 15) is 14.7 Å². The number of carboxylic acids is 1. The van der Waals surface area contributed by atoms with Gasteiger partial charge in [-0.2, -0.15) is 0 Å². The van der Waals surface area contributed by atoms with E-state index < -0.39 is 11.5 Å². The number of hydrogen-bond donors (Lipinski definition) is 3. The van der Waals surface area contributed by atoms with Crippen LogP contribution in [0.5, 0.6) is 5.75 Å². The Kier molecular flexibility index (Phi) is 7.36. The lowest BCUT2D eigenvalue weighted by Crippen LogP contribution is -2.47. The lowest BCUT2D eigenvalue weighted by Gasteiger charge is -2.27. The molecular weight excluding hydrogens is 382 g/mol. The molecule has 0 saturated heterocycles. The summed E-state index contributed by atoms with van der Waals surface area (Å²) in [6.45, 7) is 5.42. The molecule has 2 aromatic carbocycles. The van der Waals surface area contributed by atoms with E-state index in [2.05, 4.69) is 10.3 Å². The van der Waals surface area contributed by atoms with Gasteiger partial charge in [0.05, 0.1) is 11.2 Å². The smallest absolute Gasteiger partial charge is 0.339 e. The van der Waals surface area contributed by atoms with Gasteiger partial charge >= 0.3 is 5.97 Å². The van der Waals surface area contributed by atoms with E-state index >= 15 is 0 Å². The number of nitrogens with zero attached hydrogens (tertiary/aromatic N) is 1. The monoisotopic (exact) mass is 409 g/mol. The van der Waals surface area contributed by atoms with Gasteiger partial charge in [0, 0.05) is 23.9 Å². The van der Waals surface area contributed by atoms with Crippen LogP contribution in [0, 0.1) is 0 Å². The number of carbonyl (C=O) groups excluding carboxylic acids is 1. The molecule has 7 nitrogen and oxygen atoms in total. The number of nitrogens with two attached hydrogens (primary N) is 1. The lowest BCUT2D eigenvalue weighted by molar-refractivity contribution is -0.132. The third-order valence-corrected chi connectivity index (χ3v) is 4.43. The van der Waals surface area contributed by atoms with E-state index in [1.165, 1.54) is 7.05 Å². The van der Waals surface area contributed by atoms with Crippen molar-refractivity contribution >= 4 is 23.3 Å². The van der Waals surface area contributed by atoms with E-state index in [0.29, 0.717) is 22.6 Å². The van der Waals surface area contributed by atoms with Gasteiger partial charge in [-0.3, -0.25) is 9.79 Å². The van der Waals surface area contributed by atoms with Crippen molar-refractivity contribution in [2.24, 2.45) is 10.7 Å². The number of ether oxygens (including phenoxy) is 1. The molecule has 0 unspecified atom stereocenters. The van der Waals surface area contributed by atoms with Gasteiger partial charge < -0.3 is 20.9 Å². The highest BCUT2D eigenvalue weighted by atomic mass is 16.5. The van der Waals surface area contributed by atoms with Gasteiger partial charge in [0.15, 0.2) is 0 Å². The third-order valence-electron chi connectivity index (χ3n) is 4.43. The van der Waals surface area contributed by atoms with Gasteiger partial charge in [0.1, 0.15) is 17.9 Å². The van der Waals surface area contributed by atoms with Crippen molar-refractivity contribution in [3.05, 3.63) is 71.3 Å². The molecule has 4 N–H and O–H groups in total. The molecule has 0 aliphatic rings. The topological polar surface area (TPSA) is 114 Å². The predicted molar refractivity (Wildman–Crippen MR) is 118 cm³/mol. The number of carbonyl (C=O) groups is 2. The predicted octanol–water partition coefficient (Wildman–Crippen LogP) is 3.12. The SMILES string of the molecule is CN=C(C)/C(C(=O)O)=C(/N)c1ccccc1OCC(C)(C)NC(=O)c1ccccc1. The number of aliphatic carboxylic acids is 1. The molecule has 0 saturated carbocycles. The number of hydrogen-bond acceptors (Lipinski definition) is 5. The fourth-order valence-corrected chi connectivity index (χ4v) is 2.79. The van der Waals surface area contributed by atoms with Gasteiger partial charge in [0.2, 0.25) is 0 Å². The van der Waals surface area contributed by atoms with Gasteiger partial charge in [0.25, 0.3) is 5.91 Å². The van der Waals surface area contributed by atoms with Crippen molar-refractivity contribution < 1.29 is 19.4 Å². The summed E-state index contributed by atoms with van der Waals surface area (Å²) in [5, 5.41) is 12.5. The van der Waals surface area contributed by atoms with E-state index in [1.807, 2.05) is 19.9 Å². The van der Waals surface area contributed by atoms with Crippen LogP contribution in [0.4, 0.5) is 0 Å². The maximum Gasteiger partial charge on any atom is 0.339 e. The van der Waals surface area contributed by atoms with Crippen LogP contribution >= 0.6 is 0 Å². The quantitative estimate of drug-likeness (QED) is 0.458. The molecule has 0 radical (unpaired) electrons. The number of para-hydroxylation sites is 1. The molecule has 0 aliphatic carbocycles. The van der Waals surface area contributed by atoms with E-state index in [1.54, 1.807) is 55.5 Å². The highest BCUT2D eigenvalue weighted by molar-refractivity contribution is 6.23. The maximum atomic E-state index is 12.4. The molecule has 0 atom stereocenters. The molecule has 1 amide bonds. The minimum atomic E-state index is -1.17. The standard InChI is InChI=1S/C23H27N3O4/c1-15(25-4)19(22(28)29)20(24)17-12-8-9-13-18(17)30-14-23(2,3)26-21(27)16-10-6-5-7-11-16/h5-13H,14,24H2,1-4H3,(H,26,27)(H,28,29)/b20-19-,25-15?. The van der Waals surface area contributed by atoms with E-state index in [0.717, 1.165) is 0 Å². The Morgan fingerprint density at radius 1 is 1.10 bits per heavy atom. The summed E-state index contributed by atoms with van der Waals surface area (Å²) in [5.41, 5.74) is 6.79. The molecule has 158 valence electrons. The second-order valence-corrected chi connectivity index (χ2v) is 7.39. The number of benzene rings is 2. The molecule has 0 aromatic heterocycles. The first-order valence-corrected chi connectivity index (χ1v) is 9.43. The molecular formula is C23H27N3O4. The summed E-state index contributed by atoms with van der Waals surface area (Å²) < 4.78 is 5.94. The van der Waals surface area contributed by atoms with E-state index in [4.69, 9.17) is 10.5 Å². The highest BCUT2D eigenvalue weighted by Crippen LogP contribution is 2.26. The molecule has 2 rings (SSSR count). The second-order valence-electron chi connectivity index (χ2n) is 7.39. The number of amides is 1. The number of rotatable bonds is 8. The van der Waals surface area contributed by atoms with Crippen LogP contribution in [-0.2, 0) is 4.79 Å². The van der Waals surface area contributed by atoms with E-state index in [-0.39, 0.29) is 23.8 Å². The van der Waals surface area contributed by atoms with Gasteiger partial charge in [-0.25, -0.2) is 4.79 Å².